The van der Waals surface area contributed by atoms with Gasteiger partial charge in [0.05, 0.1) is 0 Å². The van der Waals surface area contributed by atoms with Gasteiger partial charge in [-0.3, -0.25) is 0 Å². The van der Waals surface area contributed by atoms with Crippen LogP contribution in [0.15, 0.2) is 527 Å². The van der Waals surface area contributed by atoms with Crippen LogP contribution in [-0.2, 0) is 0 Å². The summed E-state index contributed by atoms with van der Waals surface area (Å²) in [6.07, 6.45) is 0. The fourth-order valence-electron chi connectivity index (χ4n) is 23.4. The van der Waals surface area contributed by atoms with Crippen molar-refractivity contribution in [2.75, 3.05) is 0 Å². The van der Waals surface area contributed by atoms with E-state index < -0.39 is 0 Å². The van der Waals surface area contributed by atoms with Crippen LogP contribution in [0.5, 0.6) is 0 Å². The first-order valence-corrected chi connectivity index (χ1v) is 48.7. The summed E-state index contributed by atoms with van der Waals surface area (Å²) < 4.78 is 26.4. The van der Waals surface area contributed by atoms with Gasteiger partial charge < -0.3 is 17.7 Å². The Morgan fingerprint density at radius 2 is 0.331 bits per heavy atom. The van der Waals surface area contributed by atoms with Gasteiger partial charge in [0.25, 0.3) is 0 Å². The van der Waals surface area contributed by atoms with Crippen molar-refractivity contribution in [3.05, 3.63) is 510 Å². The van der Waals surface area contributed by atoms with E-state index in [9.17, 15) is 0 Å². The number of fused-ring (bicyclic) bond motifs is 21. The SMILES string of the molecule is c1ccc(-c2ccc(-c3c4ccccc4c(-c4cccc5oc6ccccc6c45)c4ccccc34)cc2)cc1.c1ccc(-c2ccc(-c3ccc(-c4c5ccccc5c(-c5cccc6ccccc56)c5ccccc45)c4c3oc3ccccc34)c3ccccc23)cc1.c1ccc2c(-c3c4ccccc4c(-c4ccc(-c5cccc6oc7ccccc7c56)c5oc6ccccc6c45)c4ccccc34)cccc2c1. The lowest BCUT2D eigenvalue weighted by Gasteiger charge is -2.20. The largest absolute Gasteiger partial charge is 0.456 e. The zero-order chi connectivity index (χ0) is 93.4. The van der Waals surface area contributed by atoms with Crippen molar-refractivity contribution in [1.29, 1.82) is 0 Å². The van der Waals surface area contributed by atoms with E-state index in [1.54, 1.807) is 0 Å². The van der Waals surface area contributed by atoms with Crippen LogP contribution in [0.2, 0.25) is 0 Å². The maximum Gasteiger partial charge on any atom is 0.143 e. The normalized spacial score (nSPS) is 11.8. The van der Waals surface area contributed by atoms with Crippen LogP contribution >= 0.6 is 0 Å². The van der Waals surface area contributed by atoms with Gasteiger partial charge in [-0.2, -0.15) is 0 Å². The standard InChI is InChI=1S/C52H32O.C48H28O2.C38H24O/c1-2-15-33(16-3-1)36-29-30-39(38-21-7-6-20-37(36)38)45-31-32-47(51-46-26-12-13-28-48(46)53-52(45)51)50-43-24-10-8-22-41(43)49(42-23-9-11-25-44(42)50)40-27-14-18-34-17-4-5-19-35(34)40;1-2-15-30-29(13-1)14-11-22-31(30)44-32-16-3-5-18-34(32)45(35-19-6-4-17-33(35)44)40-28-27-37(48-47(40)39-21-8-10-25-42(39)50-48)36-23-12-26-43-46(36)38-20-7-9-24-41(38)49-43;1-2-11-25(12-3-1)26-21-23-27(24-22-26)36-28-13-4-6-15-30(28)37(31-16-7-5-14-29(31)36)33-18-10-20-35-38(33)32-17-8-9-19-34(32)39-35/h1-32H;1-28H;1-24H. The highest BCUT2D eigenvalue weighted by atomic mass is 16.3. The van der Waals surface area contributed by atoms with E-state index in [4.69, 9.17) is 17.7 Å². The third-order valence-electron chi connectivity index (χ3n) is 29.4. The van der Waals surface area contributed by atoms with Gasteiger partial charge in [-0.1, -0.05) is 461 Å². The Morgan fingerprint density at radius 1 is 0.0986 bits per heavy atom. The van der Waals surface area contributed by atoms with Gasteiger partial charge in [0.15, 0.2) is 0 Å². The molecule has 0 unspecified atom stereocenters. The Hall–Kier alpha value is -18.7. The van der Waals surface area contributed by atoms with Crippen molar-refractivity contribution in [1.82, 2.24) is 0 Å². The van der Waals surface area contributed by atoms with Crippen LogP contribution < -0.4 is 0 Å². The molecule has 0 spiro atoms. The summed E-state index contributed by atoms with van der Waals surface area (Å²) in [5.74, 6) is 0. The van der Waals surface area contributed by atoms with Crippen molar-refractivity contribution < 1.29 is 17.7 Å². The van der Waals surface area contributed by atoms with Crippen LogP contribution in [0.25, 0.3) is 296 Å². The lowest BCUT2D eigenvalue weighted by Crippen LogP contribution is -1.93. The Morgan fingerprint density at radius 3 is 0.739 bits per heavy atom. The zero-order valence-corrected chi connectivity index (χ0v) is 77.1. The second kappa shape index (κ2) is 33.6. The zero-order valence-electron chi connectivity index (χ0n) is 77.1. The molecule has 0 radical (unpaired) electrons. The van der Waals surface area contributed by atoms with Crippen LogP contribution in [0, 0.1) is 0 Å². The smallest absolute Gasteiger partial charge is 0.143 e. The first-order chi connectivity index (χ1) is 70.5. The highest BCUT2D eigenvalue weighted by molar-refractivity contribution is 6.33. The molecule has 0 atom stereocenters. The van der Waals surface area contributed by atoms with Crippen LogP contribution in [0.3, 0.4) is 0 Å². The molecule has 0 bridgehead atoms. The van der Waals surface area contributed by atoms with Crippen LogP contribution in [0.4, 0.5) is 0 Å². The average Bonchev–Trinajstić information content (AvgIpc) is 1.68. The van der Waals surface area contributed by atoms with E-state index in [1.165, 1.54) is 186 Å². The predicted octanol–water partition coefficient (Wildman–Crippen LogP) is 39.7. The first kappa shape index (κ1) is 81.6. The molecular weight excluding hydrogens is 1720 g/mol. The first-order valence-electron chi connectivity index (χ1n) is 48.7. The maximum absolute atomic E-state index is 6.93. The monoisotopic (exact) mass is 1800 g/mol. The Bertz CT molecular complexity index is 10200. The third-order valence-corrected chi connectivity index (χ3v) is 29.4. The van der Waals surface area contributed by atoms with Crippen LogP contribution in [-0.4, -0.2) is 0 Å². The van der Waals surface area contributed by atoms with E-state index in [-0.39, 0.29) is 0 Å². The Kier molecular flexibility index (Phi) is 19.3. The molecule has 0 amide bonds. The third kappa shape index (κ3) is 13.1. The summed E-state index contributed by atoms with van der Waals surface area (Å²) in [6, 6.07) is 183. The van der Waals surface area contributed by atoms with Crippen molar-refractivity contribution in [2.24, 2.45) is 0 Å². The molecule has 0 aliphatic rings. The number of para-hydroxylation sites is 4. The molecule has 4 nitrogen and oxygen atoms in total. The topological polar surface area (TPSA) is 52.6 Å². The summed E-state index contributed by atoms with van der Waals surface area (Å²) in [5, 5.41) is 31.3. The minimum absolute atomic E-state index is 0.873. The molecule has 0 N–H and O–H groups in total. The van der Waals surface area contributed by atoms with E-state index >= 15 is 0 Å². The second-order valence-corrected chi connectivity index (χ2v) is 37.1. The molecule has 4 heterocycles. The quantitative estimate of drug-likeness (QED) is 0.128. The Balaban J connectivity index is 0.000000105. The van der Waals surface area contributed by atoms with Crippen LogP contribution in [0.1, 0.15) is 0 Å². The summed E-state index contributed by atoms with van der Waals surface area (Å²) >= 11 is 0. The number of hydrogen-bond acceptors (Lipinski definition) is 4. The average molecular weight is 1810 g/mol. The fraction of sp³-hybridized carbons (Fsp3) is 0. The van der Waals surface area contributed by atoms with Gasteiger partial charge in [0, 0.05) is 54.2 Å². The van der Waals surface area contributed by atoms with E-state index in [1.807, 2.05) is 18.2 Å². The minimum atomic E-state index is 0.873. The predicted molar refractivity (Wildman–Crippen MR) is 600 cm³/mol. The fourth-order valence-corrected chi connectivity index (χ4v) is 23.4. The van der Waals surface area contributed by atoms with E-state index in [0.29, 0.717) is 0 Å². The number of benzene rings is 26. The summed E-state index contributed by atoms with van der Waals surface area (Å²) in [4.78, 5) is 0. The van der Waals surface area contributed by atoms with Crippen molar-refractivity contribution in [3.63, 3.8) is 0 Å². The molecule has 0 aliphatic carbocycles. The summed E-state index contributed by atoms with van der Waals surface area (Å²) in [6.45, 7) is 0. The van der Waals surface area contributed by atoms with Gasteiger partial charge in [-0.25, -0.2) is 0 Å². The van der Waals surface area contributed by atoms with Gasteiger partial charge in [0.1, 0.15) is 44.7 Å². The number of hydrogen-bond donors (Lipinski definition) is 0. The Labute approximate surface area is 817 Å². The molecule has 0 saturated heterocycles. The lowest BCUT2D eigenvalue weighted by atomic mass is 9.83. The molecule has 30 aromatic rings. The number of furan rings is 4. The van der Waals surface area contributed by atoms with E-state index in [2.05, 4.69) is 491 Å². The number of rotatable bonds is 10. The summed E-state index contributed by atoms with van der Waals surface area (Å²) in [7, 11) is 0. The highest BCUT2D eigenvalue weighted by Crippen LogP contribution is 2.56. The van der Waals surface area contributed by atoms with Gasteiger partial charge in [-0.15, -0.1) is 0 Å². The molecule has 0 saturated carbocycles. The molecule has 0 aliphatic heterocycles. The highest BCUT2D eigenvalue weighted by Gasteiger charge is 2.29. The van der Waals surface area contributed by atoms with Gasteiger partial charge in [-0.05, 0) is 246 Å². The molecule has 0 fully saturated rings. The van der Waals surface area contributed by atoms with Gasteiger partial charge in [0.2, 0.25) is 0 Å². The van der Waals surface area contributed by atoms with Crippen molar-refractivity contribution in [3.8, 4) is 111 Å². The molecule has 26 aromatic carbocycles. The van der Waals surface area contributed by atoms with Crippen molar-refractivity contribution >= 4 is 185 Å². The van der Waals surface area contributed by atoms with E-state index in [0.717, 1.165) is 110 Å². The molecule has 660 valence electrons. The van der Waals surface area contributed by atoms with Crippen molar-refractivity contribution in [2.45, 2.75) is 0 Å². The molecular formula is C138H84O4. The second-order valence-electron chi connectivity index (χ2n) is 37.1. The lowest BCUT2D eigenvalue weighted by molar-refractivity contribution is 0.668. The molecule has 4 aromatic heterocycles. The minimum Gasteiger partial charge on any atom is -0.456 e. The maximum atomic E-state index is 6.93. The molecule has 30 rings (SSSR count). The molecule has 4 heteroatoms. The molecule has 142 heavy (non-hydrogen) atoms. The van der Waals surface area contributed by atoms with Gasteiger partial charge >= 0.3 is 0 Å². The summed E-state index contributed by atoms with van der Waals surface area (Å²) in [5.41, 5.74) is 31.2.